The number of hydrogen-bond acceptors (Lipinski definition) is 6. The van der Waals surface area contributed by atoms with Crippen LogP contribution < -0.4 is 11.1 Å². The van der Waals surface area contributed by atoms with Crippen LogP contribution in [0.25, 0.3) is 0 Å². The van der Waals surface area contributed by atoms with Gasteiger partial charge in [0, 0.05) is 17.3 Å². The first-order valence-corrected chi connectivity index (χ1v) is 8.37. The van der Waals surface area contributed by atoms with Crippen LogP contribution in [0.3, 0.4) is 0 Å². The number of benzene rings is 2. The molecular weight excluding hydrogens is 350 g/mol. The number of ether oxygens (including phenoxy) is 1. The maximum absolute atomic E-state index is 12.6. The molecule has 0 bridgehead atoms. The van der Waals surface area contributed by atoms with Crippen molar-refractivity contribution >= 4 is 23.3 Å². The Bertz CT molecular complexity index is 833. The Hall–Kier alpha value is -3.42. The average Bonchev–Trinajstić information content (AvgIpc) is 2.61. The van der Waals surface area contributed by atoms with Crippen molar-refractivity contribution in [3.63, 3.8) is 0 Å². The van der Waals surface area contributed by atoms with E-state index in [1.54, 1.807) is 32.0 Å². The van der Waals surface area contributed by atoms with Gasteiger partial charge in [-0.05, 0) is 38.1 Å². The van der Waals surface area contributed by atoms with Crippen LogP contribution in [0.5, 0.6) is 0 Å². The van der Waals surface area contributed by atoms with Gasteiger partial charge in [0.2, 0.25) is 0 Å². The van der Waals surface area contributed by atoms with E-state index in [4.69, 9.17) is 10.5 Å². The maximum atomic E-state index is 12.6. The van der Waals surface area contributed by atoms with E-state index in [1.807, 2.05) is 0 Å². The number of esters is 1. The quantitative estimate of drug-likeness (QED) is 0.334. The third-order valence-corrected chi connectivity index (χ3v) is 3.73. The van der Waals surface area contributed by atoms with Crippen molar-refractivity contribution in [3.8, 4) is 0 Å². The summed E-state index contributed by atoms with van der Waals surface area (Å²) in [5, 5.41) is 14.0. The van der Waals surface area contributed by atoms with Gasteiger partial charge in [-0.1, -0.05) is 18.2 Å². The fourth-order valence-electron chi connectivity index (χ4n) is 2.54. The molecule has 1 amide bonds. The van der Waals surface area contributed by atoms with Gasteiger partial charge in [-0.15, -0.1) is 0 Å². The van der Waals surface area contributed by atoms with Crippen molar-refractivity contribution in [1.82, 2.24) is 5.32 Å². The highest BCUT2D eigenvalue weighted by Gasteiger charge is 2.26. The lowest BCUT2D eigenvalue weighted by Crippen LogP contribution is -2.31. The van der Waals surface area contributed by atoms with Gasteiger partial charge in [-0.2, -0.15) is 0 Å². The Labute approximate surface area is 156 Å². The van der Waals surface area contributed by atoms with Crippen molar-refractivity contribution < 1.29 is 19.2 Å². The standard InChI is InChI=1S/C19H21N3O5/c1-12(2)27-18(23)11-16(15-5-3-4-6-17(15)22(25)26)21-19(24)13-7-9-14(20)10-8-13/h3-10,12,16H,11,20H2,1-2H3,(H,21,24). The zero-order valence-corrected chi connectivity index (χ0v) is 15.0. The summed E-state index contributed by atoms with van der Waals surface area (Å²) >= 11 is 0. The van der Waals surface area contributed by atoms with Crippen LogP contribution in [0.15, 0.2) is 48.5 Å². The van der Waals surface area contributed by atoms with Gasteiger partial charge in [0.1, 0.15) is 0 Å². The van der Waals surface area contributed by atoms with Gasteiger partial charge in [-0.25, -0.2) is 0 Å². The molecule has 0 aliphatic heterocycles. The molecule has 0 aromatic heterocycles. The summed E-state index contributed by atoms with van der Waals surface area (Å²) in [7, 11) is 0. The van der Waals surface area contributed by atoms with E-state index < -0.39 is 22.8 Å². The molecular formula is C19H21N3O5. The molecule has 1 atom stereocenters. The molecule has 3 N–H and O–H groups in total. The summed E-state index contributed by atoms with van der Waals surface area (Å²) < 4.78 is 5.13. The van der Waals surface area contributed by atoms with Gasteiger partial charge < -0.3 is 15.8 Å². The molecule has 0 aliphatic rings. The fourth-order valence-corrected chi connectivity index (χ4v) is 2.54. The van der Waals surface area contributed by atoms with Crippen molar-refractivity contribution in [3.05, 3.63) is 69.8 Å². The molecule has 2 aromatic rings. The van der Waals surface area contributed by atoms with E-state index in [9.17, 15) is 19.7 Å². The van der Waals surface area contributed by atoms with Crippen molar-refractivity contribution in [2.75, 3.05) is 5.73 Å². The number of hydrogen-bond donors (Lipinski definition) is 2. The molecule has 0 heterocycles. The second-order valence-electron chi connectivity index (χ2n) is 6.21. The third-order valence-electron chi connectivity index (χ3n) is 3.73. The number of nitro groups is 1. The van der Waals surface area contributed by atoms with Crippen LogP contribution in [0.2, 0.25) is 0 Å². The second-order valence-corrected chi connectivity index (χ2v) is 6.21. The summed E-state index contributed by atoms with van der Waals surface area (Å²) in [4.78, 5) is 35.5. The van der Waals surface area contributed by atoms with Crippen LogP contribution in [-0.2, 0) is 9.53 Å². The van der Waals surface area contributed by atoms with Crippen LogP contribution in [-0.4, -0.2) is 22.9 Å². The smallest absolute Gasteiger partial charge is 0.308 e. The third kappa shape index (κ3) is 5.53. The number of amides is 1. The minimum Gasteiger partial charge on any atom is -0.463 e. The van der Waals surface area contributed by atoms with E-state index in [0.717, 1.165) is 0 Å². The topological polar surface area (TPSA) is 125 Å². The Balaban J connectivity index is 2.32. The van der Waals surface area contributed by atoms with E-state index in [-0.39, 0.29) is 23.8 Å². The molecule has 8 nitrogen and oxygen atoms in total. The number of rotatable bonds is 7. The molecule has 0 fully saturated rings. The van der Waals surface area contributed by atoms with Gasteiger partial charge in [-0.3, -0.25) is 19.7 Å². The number of anilines is 1. The molecule has 0 saturated carbocycles. The lowest BCUT2D eigenvalue weighted by atomic mass is 10.0. The first kappa shape index (κ1) is 19.9. The number of nitrogens with two attached hydrogens (primary N) is 1. The highest BCUT2D eigenvalue weighted by Crippen LogP contribution is 2.28. The summed E-state index contributed by atoms with van der Waals surface area (Å²) in [5.41, 5.74) is 6.49. The van der Waals surface area contributed by atoms with Gasteiger partial charge in [0.15, 0.2) is 0 Å². The van der Waals surface area contributed by atoms with Gasteiger partial charge >= 0.3 is 5.97 Å². The monoisotopic (exact) mass is 371 g/mol. The highest BCUT2D eigenvalue weighted by molar-refractivity contribution is 5.95. The summed E-state index contributed by atoms with van der Waals surface area (Å²) in [6.45, 7) is 3.40. The molecule has 27 heavy (non-hydrogen) atoms. The summed E-state index contributed by atoms with van der Waals surface area (Å²) in [6, 6.07) is 11.3. The highest BCUT2D eigenvalue weighted by atomic mass is 16.6. The summed E-state index contributed by atoms with van der Waals surface area (Å²) in [6.07, 6.45) is -0.569. The lowest BCUT2D eigenvalue weighted by Gasteiger charge is -2.19. The number of carbonyl (C=O) groups excluding carboxylic acids is 2. The second kappa shape index (κ2) is 8.79. The van der Waals surface area contributed by atoms with Crippen molar-refractivity contribution in [1.29, 1.82) is 0 Å². The molecule has 0 radical (unpaired) electrons. The number of nitrogens with one attached hydrogen (secondary N) is 1. The van der Waals surface area contributed by atoms with Gasteiger partial charge in [0.25, 0.3) is 11.6 Å². The predicted octanol–water partition coefficient (Wildman–Crippen LogP) is 2.99. The number of carbonyl (C=O) groups is 2. The largest absolute Gasteiger partial charge is 0.463 e. The Morgan fingerprint density at radius 3 is 2.37 bits per heavy atom. The number of nitro benzene ring substituents is 1. The van der Waals surface area contributed by atoms with Gasteiger partial charge in [0.05, 0.1) is 29.1 Å². The molecule has 1 unspecified atom stereocenters. The van der Waals surface area contributed by atoms with E-state index in [2.05, 4.69) is 5.32 Å². The molecule has 8 heteroatoms. The molecule has 0 aliphatic carbocycles. The first-order valence-electron chi connectivity index (χ1n) is 8.37. The van der Waals surface area contributed by atoms with Crippen LogP contribution in [0.4, 0.5) is 11.4 Å². The molecule has 0 saturated heterocycles. The number of nitrogen functional groups attached to an aromatic ring is 1. The minimum atomic E-state index is -0.914. The molecule has 2 aromatic carbocycles. The van der Waals surface area contributed by atoms with Crippen LogP contribution >= 0.6 is 0 Å². The molecule has 0 spiro atoms. The van der Waals surface area contributed by atoms with Crippen LogP contribution in [0, 0.1) is 10.1 Å². The predicted molar refractivity (Wildman–Crippen MR) is 100 cm³/mol. The number of para-hydroxylation sites is 1. The first-order chi connectivity index (χ1) is 12.8. The van der Waals surface area contributed by atoms with Crippen molar-refractivity contribution in [2.45, 2.75) is 32.4 Å². The fraction of sp³-hybridized carbons (Fsp3) is 0.263. The number of nitrogens with zero attached hydrogens (tertiary/aromatic N) is 1. The SMILES string of the molecule is CC(C)OC(=O)CC(NC(=O)c1ccc(N)cc1)c1ccccc1[N+](=O)[O-]. The summed E-state index contributed by atoms with van der Waals surface area (Å²) in [5.74, 6) is -1.04. The zero-order valence-electron chi connectivity index (χ0n) is 15.0. The Kier molecular flexibility index (Phi) is 6.48. The van der Waals surface area contributed by atoms with Crippen molar-refractivity contribution in [2.24, 2.45) is 0 Å². The zero-order chi connectivity index (χ0) is 20.0. The maximum Gasteiger partial charge on any atom is 0.308 e. The molecule has 2 rings (SSSR count). The van der Waals surface area contributed by atoms with E-state index in [0.29, 0.717) is 11.3 Å². The van der Waals surface area contributed by atoms with Crippen LogP contribution in [0.1, 0.15) is 42.2 Å². The van der Waals surface area contributed by atoms with E-state index in [1.165, 1.54) is 30.3 Å². The molecule has 142 valence electrons. The average molecular weight is 371 g/mol. The lowest BCUT2D eigenvalue weighted by molar-refractivity contribution is -0.385. The Morgan fingerprint density at radius 1 is 1.15 bits per heavy atom. The normalized spacial score (nSPS) is 11.7. The minimum absolute atomic E-state index is 0.183. The Morgan fingerprint density at radius 2 is 1.78 bits per heavy atom. The van der Waals surface area contributed by atoms with E-state index >= 15 is 0 Å².